The molecule has 0 fully saturated rings. The molecule has 0 unspecified atom stereocenters. The summed E-state index contributed by atoms with van der Waals surface area (Å²) in [5.74, 6) is 0.774. The maximum Gasteiger partial charge on any atom is 0.149 e. The highest BCUT2D eigenvalue weighted by atomic mass is 16.3. The first-order valence-corrected chi connectivity index (χ1v) is 5.50. The van der Waals surface area contributed by atoms with Gasteiger partial charge in [-0.1, -0.05) is 24.3 Å². The van der Waals surface area contributed by atoms with Crippen LogP contribution in [0.3, 0.4) is 0 Å². The van der Waals surface area contributed by atoms with E-state index in [4.69, 9.17) is 5.11 Å². The first-order chi connectivity index (χ1) is 8.28. The van der Waals surface area contributed by atoms with Crippen LogP contribution in [0, 0.1) is 6.92 Å². The van der Waals surface area contributed by atoms with Gasteiger partial charge in [-0.15, -0.1) is 5.10 Å². The van der Waals surface area contributed by atoms with Crippen molar-refractivity contribution in [1.82, 2.24) is 10.2 Å². The Bertz CT molecular complexity index is 482. The maximum absolute atomic E-state index is 8.93. The van der Waals surface area contributed by atoms with Crippen LogP contribution < -0.4 is 5.32 Å². The summed E-state index contributed by atoms with van der Waals surface area (Å²) < 4.78 is 0. The van der Waals surface area contributed by atoms with E-state index in [0.29, 0.717) is 6.54 Å². The Morgan fingerprint density at radius 1 is 1.18 bits per heavy atom. The van der Waals surface area contributed by atoms with Gasteiger partial charge in [0.15, 0.2) is 0 Å². The third-order valence-corrected chi connectivity index (χ3v) is 2.47. The van der Waals surface area contributed by atoms with Crippen molar-refractivity contribution in [2.45, 2.75) is 20.1 Å². The molecular weight excluding hydrogens is 214 g/mol. The summed E-state index contributed by atoms with van der Waals surface area (Å²) in [7, 11) is 0. The van der Waals surface area contributed by atoms with Gasteiger partial charge >= 0.3 is 0 Å². The molecule has 0 aliphatic heterocycles. The molecular formula is C13H15N3O. The van der Waals surface area contributed by atoms with Gasteiger partial charge in [0.05, 0.1) is 12.8 Å². The lowest BCUT2D eigenvalue weighted by Crippen LogP contribution is -2.02. The quantitative estimate of drug-likeness (QED) is 0.840. The number of hydrogen-bond donors (Lipinski definition) is 2. The van der Waals surface area contributed by atoms with Gasteiger partial charge in [-0.2, -0.15) is 5.10 Å². The number of aryl methyl sites for hydroxylation is 1. The second-order valence-corrected chi connectivity index (χ2v) is 3.95. The Morgan fingerprint density at radius 3 is 2.53 bits per heavy atom. The standard InChI is InChI=1S/C13H15N3O/c1-10-6-13(16-15-7-10)14-8-11-2-4-12(9-17)5-3-11/h2-7,17H,8-9H2,1H3,(H,14,16). The zero-order valence-corrected chi connectivity index (χ0v) is 9.72. The number of nitrogens with zero attached hydrogens (tertiary/aromatic N) is 2. The third kappa shape index (κ3) is 3.26. The summed E-state index contributed by atoms with van der Waals surface area (Å²) in [5.41, 5.74) is 3.15. The molecule has 1 aromatic heterocycles. The second-order valence-electron chi connectivity index (χ2n) is 3.95. The summed E-state index contributed by atoms with van der Waals surface area (Å²) in [6, 6.07) is 9.76. The van der Waals surface area contributed by atoms with Gasteiger partial charge in [0.1, 0.15) is 5.82 Å². The van der Waals surface area contributed by atoms with Crippen molar-refractivity contribution in [3.63, 3.8) is 0 Å². The third-order valence-electron chi connectivity index (χ3n) is 2.47. The van der Waals surface area contributed by atoms with Gasteiger partial charge in [0.25, 0.3) is 0 Å². The lowest BCUT2D eigenvalue weighted by molar-refractivity contribution is 0.282. The lowest BCUT2D eigenvalue weighted by Gasteiger charge is -2.06. The molecule has 0 spiro atoms. The van der Waals surface area contributed by atoms with Crippen molar-refractivity contribution in [3.05, 3.63) is 53.2 Å². The van der Waals surface area contributed by atoms with E-state index >= 15 is 0 Å². The summed E-state index contributed by atoms with van der Waals surface area (Å²) >= 11 is 0. The minimum absolute atomic E-state index is 0.0804. The summed E-state index contributed by atoms with van der Waals surface area (Å²) in [6.45, 7) is 2.76. The number of hydrogen-bond acceptors (Lipinski definition) is 4. The largest absolute Gasteiger partial charge is 0.392 e. The molecule has 1 heterocycles. The van der Waals surface area contributed by atoms with E-state index in [0.717, 1.165) is 22.5 Å². The van der Waals surface area contributed by atoms with Gasteiger partial charge in [0, 0.05) is 6.54 Å². The van der Waals surface area contributed by atoms with E-state index < -0.39 is 0 Å². The summed E-state index contributed by atoms with van der Waals surface area (Å²) in [4.78, 5) is 0. The Morgan fingerprint density at radius 2 is 1.88 bits per heavy atom. The SMILES string of the molecule is Cc1cnnc(NCc2ccc(CO)cc2)c1. The first kappa shape index (κ1) is 11.5. The fourth-order valence-electron chi connectivity index (χ4n) is 1.51. The second kappa shape index (κ2) is 5.41. The van der Waals surface area contributed by atoms with Gasteiger partial charge in [-0.3, -0.25) is 0 Å². The number of aliphatic hydroxyl groups excluding tert-OH is 1. The number of nitrogens with one attached hydrogen (secondary N) is 1. The van der Waals surface area contributed by atoms with Crippen molar-refractivity contribution in [2.24, 2.45) is 0 Å². The first-order valence-electron chi connectivity index (χ1n) is 5.50. The average molecular weight is 229 g/mol. The van der Waals surface area contributed by atoms with Crippen molar-refractivity contribution >= 4 is 5.82 Å². The summed E-state index contributed by atoms with van der Waals surface area (Å²) in [6.07, 6.45) is 1.72. The molecule has 4 heteroatoms. The molecule has 0 saturated heterocycles. The Kier molecular flexibility index (Phi) is 3.67. The Hall–Kier alpha value is -1.94. The zero-order chi connectivity index (χ0) is 12.1. The Balaban J connectivity index is 1.97. The van der Waals surface area contributed by atoms with Crippen molar-refractivity contribution in [3.8, 4) is 0 Å². The molecule has 17 heavy (non-hydrogen) atoms. The van der Waals surface area contributed by atoms with Gasteiger partial charge in [-0.05, 0) is 29.7 Å². The molecule has 0 atom stereocenters. The molecule has 2 N–H and O–H groups in total. The van der Waals surface area contributed by atoms with Crippen LogP contribution in [0.2, 0.25) is 0 Å². The molecule has 2 aromatic rings. The van der Waals surface area contributed by atoms with Crippen molar-refractivity contribution in [2.75, 3.05) is 5.32 Å². The fourth-order valence-corrected chi connectivity index (χ4v) is 1.51. The summed E-state index contributed by atoms with van der Waals surface area (Å²) in [5, 5.41) is 20.0. The van der Waals surface area contributed by atoms with Crippen LogP contribution >= 0.6 is 0 Å². The fraction of sp³-hybridized carbons (Fsp3) is 0.231. The topological polar surface area (TPSA) is 58.0 Å². The molecule has 0 bridgehead atoms. The van der Waals surface area contributed by atoms with E-state index in [9.17, 15) is 0 Å². The van der Waals surface area contributed by atoms with Crippen LogP contribution in [-0.2, 0) is 13.2 Å². The van der Waals surface area contributed by atoms with E-state index in [1.54, 1.807) is 6.20 Å². The molecule has 2 rings (SSSR count). The Labute approximate surface area is 100 Å². The predicted molar refractivity (Wildman–Crippen MR) is 66.5 cm³/mol. The molecule has 88 valence electrons. The van der Waals surface area contributed by atoms with Crippen LogP contribution in [0.4, 0.5) is 5.82 Å². The molecule has 0 saturated carbocycles. The lowest BCUT2D eigenvalue weighted by atomic mass is 10.1. The minimum atomic E-state index is 0.0804. The van der Waals surface area contributed by atoms with Crippen molar-refractivity contribution in [1.29, 1.82) is 0 Å². The van der Waals surface area contributed by atoms with Gasteiger partial charge in [-0.25, -0.2) is 0 Å². The molecule has 0 aliphatic rings. The molecule has 0 aliphatic carbocycles. The normalized spacial score (nSPS) is 10.2. The van der Waals surface area contributed by atoms with Crippen molar-refractivity contribution < 1.29 is 5.11 Å². The smallest absolute Gasteiger partial charge is 0.149 e. The average Bonchev–Trinajstić information content (AvgIpc) is 2.37. The van der Waals surface area contributed by atoms with E-state index in [1.165, 1.54) is 0 Å². The number of benzene rings is 1. The zero-order valence-electron chi connectivity index (χ0n) is 9.72. The van der Waals surface area contributed by atoms with Crippen LogP contribution in [0.25, 0.3) is 0 Å². The van der Waals surface area contributed by atoms with Crippen LogP contribution in [0.15, 0.2) is 36.5 Å². The van der Waals surface area contributed by atoms with Crippen LogP contribution in [-0.4, -0.2) is 15.3 Å². The van der Waals surface area contributed by atoms with Gasteiger partial charge in [0.2, 0.25) is 0 Å². The van der Waals surface area contributed by atoms with Crippen LogP contribution in [0.1, 0.15) is 16.7 Å². The van der Waals surface area contributed by atoms with E-state index in [1.807, 2.05) is 37.3 Å². The number of rotatable bonds is 4. The predicted octanol–water partition coefficient (Wildman–Crippen LogP) is 1.89. The van der Waals surface area contributed by atoms with Crippen LogP contribution in [0.5, 0.6) is 0 Å². The highest BCUT2D eigenvalue weighted by molar-refractivity contribution is 5.36. The van der Waals surface area contributed by atoms with E-state index in [2.05, 4.69) is 15.5 Å². The highest BCUT2D eigenvalue weighted by Gasteiger charge is 1.97. The van der Waals surface area contributed by atoms with Gasteiger partial charge < -0.3 is 10.4 Å². The molecule has 1 aromatic carbocycles. The number of aliphatic hydroxyl groups is 1. The molecule has 4 nitrogen and oxygen atoms in total. The monoisotopic (exact) mass is 229 g/mol. The maximum atomic E-state index is 8.93. The molecule has 0 radical (unpaired) electrons. The molecule has 0 amide bonds. The highest BCUT2D eigenvalue weighted by Crippen LogP contribution is 2.08. The minimum Gasteiger partial charge on any atom is -0.392 e. The van der Waals surface area contributed by atoms with E-state index in [-0.39, 0.29) is 6.61 Å². The number of anilines is 1. The number of aromatic nitrogens is 2.